The van der Waals surface area contributed by atoms with Crippen molar-refractivity contribution >= 4 is 21.6 Å². The summed E-state index contributed by atoms with van der Waals surface area (Å²) in [6.07, 6.45) is 0. The number of carbonyl (C=O) groups excluding carboxylic acids is 1. The van der Waals surface area contributed by atoms with Gasteiger partial charge in [-0.1, -0.05) is 48.5 Å². The lowest BCUT2D eigenvalue weighted by Gasteiger charge is -2.22. The summed E-state index contributed by atoms with van der Waals surface area (Å²) in [4.78, 5) is 13.1. The Balaban J connectivity index is 1.51. The van der Waals surface area contributed by atoms with Crippen LogP contribution in [0.4, 0.5) is 5.69 Å². The molecular weight excluding hydrogens is 488 g/mol. The summed E-state index contributed by atoms with van der Waals surface area (Å²) < 4.78 is 39.4. The maximum absolute atomic E-state index is 13.6. The number of hydrogen-bond donors (Lipinski definition) is 1. The molecule has 0 bridgehead atoms. The molecule has 0 atom stereocenters. The van der Waals surface area contributed by atoms with Gasteiger partial charge in [0.2, 0.25) is 15.9 Å². The summed E-state index contributed by atoms with van der Waals surface area (Å²) in [5.41, 5.74) is 1.99. The van der Waals surface area contributed by atoms with Crippen LogP contribution in [0.25, 0.3) is 0 Å². The molecule has 7 nitrogen and oxygen atoms in total. The van der Waals surface area contributed by atoms with Crippen molar-refractivity contribution in [3.63, 3.8) is 0 Å². The number of sulfonamides is 1. The maximum atomic E-state index is 13.6. The molecule has 1 N–H and O–H groups in total. The first kappa shape index (κ1) is 25.9. The van der Waals surface area contributed by atoms with E-state index in [9.17, 15) is 13.2 Å². The molecule has 1 amide bonds. The molecule has 0 fully saturated rings. The fourth-order valence-electron chi connectivity index (χ4n) is 3.76. The highest BCUT2D eigenvalue weighted by atomic mass is 32.2. The number of nitrogens with one attached hydrogen (secondary N) is 1. The highest BCUT2D eigenvalue weighted by molar-refractivity contribution is 7.89. The predicted octanol–water partition coefficient (Wildman–Crippen LogP) is 5.63. The number of nitrogens with zero attached hydrogens (tertiary/aromatic N) is 1. The van der Waals surface area contributed by atoms with Crippen LogP contribution in [-0.2, 0) is 21.4 Å². The van der Waals surface area contributed by atoms with Crippen LogP contribution in [0.5, 0.6) is 17.2 Å². The number of rotatable bonds is 10. The molecule has 4 aromatic carbocycles. The Morgan fingerprint density at radius 2 is 1.46 bits per heavy atom. The number of carbonyl (C=O) groups is 1. The molecule has 0 spiro atoms. The molecule has 0 saturated carbocycles. The number of methoxy groups -OCH3 is 1. The van der Waals surface area contributed by atoms with Crippen LogP contribution in [0.3, 0.4) is 0 Å². The Kier molecular flexibility index (Phi) is 8.22. The van der Waals surface area contributed by atoms with Crippen molar-refractivity contribution < 1.29 is 22.7 Å². The smallest absolute Gasteiger partial charge is 0.243 e. The van der Waals surface area contributed by atoms with E-state index in [0.717, 1.165) is 5.56 Å². The number of anilines is 1. The van der Waals surface area contributed by atoms with Gasteiger partial charge in [0.1, 0.15) is 17.2 Å². The van der Waals surface area contributed by atoms with Crippen molar-refractivity contribution in [1.29, 1.82) is 0 Å². The Hall–Kier alpha value is -4.14. The first-order valence-corrected chi connectivity index (χ1v) is 13.1. The van der Waals surface area contributed by atoms with Gasteiger partial charge in [0.25, 0.3) is 0 Å². The van der Waals surface area contributed by atoms with E-state index in [-0.39, 0.29) is 18.0 Å². The molecule has 4 aromatic rings. The Morgan fingerprint density at radius 3 is 2.08 bits per heavy atom. The molecule has 8 heteroatoms. The minimum Gasteiger partial charge on any atom is -0.496 e. The van der Waals surface area contributed by atoms with Gasteiger partial charge in [-0.15, -0.1) is 0 Å². The van der Waals surface area contributed by atoms with Crippen LogP contribution in [0.2, 0.25) is 0 Å². The standard InChI is InChI=1S/C29H28N2O5S/c1-22-19-27(17-18-28(22)35-2)37(33,34)31(20-23-9-5-3-6-10-23)21-29(32)30-24-13-15-26(16-14-24)36-25-11-7-4-8-12-25/h3-19H,20-21H2,1-2H3,(H,30,32). The number of hydrogen-bond acceptors (Lipinski definition) is 5. The van der Waals surface area contributed by atoms with Gasteiger partial charge in [-0.05, 0) is 72.6 Å². The van der Waals surface area contributed by atoms with E-state index < -0.39 is 15.9 Å². The molecule has 190 valence electrons. The molecule has 0 unspecified atom stereocenters. The van der Waals surface area contributed by atoms with E-state index in [4.69, 9.17) is 9.47 Å². The highest BCUT2D eigenvalue weighted by Gasteiger charge is 2.27. The summed E-state index contributed by atoms with van der Waals surface area (Å²) in [6, 6.07) is 30.1. The largest absolute Gasteiger partial charge is 0.496 e. The summed E-state index contributed by atoms with van der Waals surface area (Å²) in [6.45, 7) is 1.47. The van der Waals surface area contributed by atoms with Crippen molar-refractivity contribution in [3.8, 4) is 17.2 Å². The molecule has 37 heavy (non-hydrogen) atoms. The first-order valence-electron chi connectivity index (χ1n) is 11.7. The Labute approximate surface area is 217 Å². The average molecular weight is 517 g/mol. The third-order valence-corrected chi connectivity index (χ3v) is 7.43. The maximum Gasteiger partial charge on any atom is 0.243 e. The Bertz CT molecular complexity index is 1440. The summed E-state index contributed by atoms with van der Waals surface area (Å²) >= 11 is 0. The SMILES string of the molecule is COc1ccc(S(=O)(=O)N(CC(=O)Nc2ccc(Oc3ccccc3)cc2)Cc2ccccc2)cc1C. The molecule has 0 heterocycles. The Morgan fingerprint density at radius 1 is 0.838 bits per heavy atom. The molecule has 0 aliphatic heterocycles. The average Bonchev–Trinajstić information content (AvgIpc) is 2.90. The van der Waals surface area contributed by atoms with Crippen LogP contribution < -0.4 is 14.8 Å². The van der Waals surface area contributed by atoms with E-state index in [1.54, 1.807) is 43.3 Å². The van der Waals surface area contributed by atoms with E-state index in [0.29, 0.717) is 28.5 Å². The highest BCUT2D eigenvalue weighted by Crippen LogP contribution is 2.26. The normalized spacial score (nSPS) is 11.2. The topological polar surface area (TPSA) is 84.9 Å². The second kappa shape index (κ2) is 11.7. The number of ether oxygens (including phenoxy) is 2. The lowest BCUT2D eigenvalue weighted by Crippen LogP contribution is -2.37. The van der Waals surface area contributed by atoms with Crippen molar-refractivity contribution in [1.82, 2.24) is 4.31 Å². The van der Waals surface area contributed by atoms with Crippen molar-refractivity contribution in [2.24, 2.45) is 0 Å². The monoisotopic (exact) mass is 516 g/mol. The van der Waals surface area contributed by atoms with Gasteiger partial charge >= 0.3 is 0 Å². The molecule has 0 aromatic heterocycles. The third-order valence-electron chi connectivity index (χ3n) is 5.64. The minimum absolute atomic E-state index is 0.0471. The fraction of sp³-hybridized carbons (Fsp3) is 0.138. The summed E-state index contributed by atoms with van der Waals surface area (Å²) in [5.74, 6) is 1.45. The van der Waals surface area contributed by atoms with Gasteiger partial charge in [-0.3, -0.25) is 4.79 Å². The summed E-state index contributed by atoms with van der Waals surface area (Å²) in [7, 11) is -2.45. The quantitative estimate of drug-likeness (QED) is 0.296. The number of amides is 1. The van der Waals surface area contributed by atoms with Crippen molar-refractivity contribution in [2.45, 2.75) is 18.4 Å². The van der Waals surface area contributed by atoms with Gasteiger partial charge < -0.3 is 14.8 Å². The van der Waals surface area contributed by atoms with Gasteiger partial charge in [0.15, 0.2) is 0 Å². The second-order valence-corrected chi connectivity index (χ2v) is 10.3. The zero-order valence-electron chi connectivity index (χ0n) is 20.6. The van der Waals surface area contributed by atoms with E-state index in [1.807, 2.05) is 60.7 Å². The lowest BCUT2D eigenvalue weighted by molar-refractivity contribution is -0.116. The van der Waals surface area contributed by atoms with Crippen LogP contribution in [-0.4, -0.2) is 32.3 Å². The summed E-state index contributed by atoms with van der Waals surface area (Å²) in [5, 5.41) is 2.78. The van der Waals surface area contributed by atoms with E-state index >= 15 is 0 Å². The number of benzene rings is 4. The lowest BCUT2D eigenvalue weighted by atomic mass is 10.2. The fourth-order valence-corrected chi connectivity index (χ4v) is 5.24. The van der Waals surface area contributed by atoms with Gasteiger partial charge in [0, 0.05) is 12.2 Å². The van der Waals surface area contributed by atoms with Crippen LogP contribution in [0.1, 0.15) is 11.1 Å². The molecule has 4 rings (SSSR count). The van der Waals surface area contributed by atoms with Crippen LogP contribution in [0.15, 0.2) is 108 Å². The second-order valence-electron chi connectivity index (χ2n) is 8.38. The molecule has 0 aliphatic rings. The predicted molar refractivity (Wildman–Crippen MR) is 143 cm³/mol. The zero-order valence-corrected chi connectivity index (χ0v) is 21.4. The van der Waals surface area contributed by atoms with E-state index in [1.165, 1.54) is 17.5 Å². The molecular formula is C29H28N2O5S. The number of para-hydroxylation sites is 1. The molecule has 0 radical (unpaired) electrons. The molecule has 0 saturated heterocycles. The van der Waals surface area contributed by atoms with E-state index in [2.05, 4.69) is 5.32 Å². The number of aryl methyl sites for hydroxylation is 1. The third kappa shape index (κ3) is 6.75. The minimum atomic E-state index is -3.98. The van der Waals surface area contributed by atoms with Crippen LogP contribution in [0, 0.1) is 6.92 Å². The van der Waals surface area contributed by atoms with Crippen molar-refractivity contribution in [2.75, 3.05) is 19.0 Å². The zero-order chi connectivity index (χ0) is 26.3. The van der Waals surface area contributed by atoms with Gasteiger partial charge in [-0.2, -0.15) is 4.31 Å². The van der Waals surface area contributed by atoms with Crippen molar-refractivity contribution in [3.05, 3.63) is 114 Å². The first-order chi connectivity index (χ1) is 17.8. The van der Waals surface area contributed by atoms with Crippen LogP contribution >= 0.6 is 0 Å². The van der Waals surface area contributed by atoms with Gasteiger partial charge in [-0.25, -0.2) is 8.42 Å². The molecule has 0 aliphatic carbocycles. The van der Waals surface area contributed by atoms with Gasteiger partial charge in [0.05, 0.1) is 18.6 Å².